The van der Waals surface area contributed by atoms with E-state index in [0.29, 0.717) is 128 Å². The summed E-state index contributed by atoms with van der Waals surface area (Å²) in [7, 11) is 0. The molecule has 11 aliphatic rings. The number of halogens is 4. The van der Waals surface area contributed by atoms with E-state index in [1.54, 1.807) is 0 Å². The lowest BCUT2D eigenvalue weighted by molar-refractivity contribution is -0.145. The molecule has 0 unspecified atom stereocenters. The largest absolute Gasteiger partial charge is 0.480 e. The molecule has 8 aromatic rings. The molecule has 126 heavy (non-hydrogen) atoms. The topological polar surface area (TPSA) is 283 Å². The Labute approximate surface area is 765 Å². The molecule has 5 N–H and O–H groups in total. The Balaban J connectivity index is 0.000000125. The van der Waals surface area contributed by atoms with Crippen LogP contribution in [0.15, 0.2) is 231 Å². The number of hydrogen-bond acceptors (Lipinski definition) is 24. The second-order valence-electron chi connectivity index (χ2n) is 32.1. The zero-order chi connectivity index (χ0) is 87.3. The van der Waals surface area contributed by atoms with Crippen molar-refractivity contribution in [2.24, 2.45) is 20.6 Å². The molecule has 0 aromatic heterocycles. The van der Waals surface area contributed by atoms with Crippen molar-refractivity contribution in [1.82, 2.24) is 24.5 Å². The van der Waals surface area contributed by atoms with Gasteiger partial charge in [-0.15, -0.1) is 0 Å². The van der Waals surface area contributed by atoms with Crippen LogP contribution in [0.25, 0.3) is 22.3 Å². The van der Waals surface area contributed by atoms with Gasteiger partial charge in [0.15, 0.2) is 23.1 Å². The molecule has 3 fully saturated rings. The molecule has 29 heteroatoms. The molecule has 3 saturated heterocycles. The van der Waals surface area contributed by atoms with Crippen LogP contribution in [0.4, 0.5) is 22.7 Å². The fraction of sp³-hybridized carbons (Fsp3) is 0.320. The smallest absolute Gasteiger partial charge is 0.320 e. The molecule has 25 nitrogen and oxygen atoms in total. The van der Waals surface area contributed by atoms with E-state index in [1.165, 1.54) is 19.3 Å². The van der Waals surface area contributed by atoms with Crippen molar-refractivity contribution >= 4 is 167 Å². The number of nitrogens with zero attached hydrogens (tertiary/aromatic N) is 9. The van der Waals surface area contributed by atoms with Crippen molar-refractivity contribution in [3.05, 3.63) is 277 Å². The van der Waals surface area contributed by atoms with Gasteiger partial charge in [0.25, 0.3) is 0 Å². The molecule has 7 aliphatic heterocycles. The molecule has 0 spiro atoms. The van der Waals surface area contributed by atoms with Crippen molar-refractivity contribution < 1.29 is 58.0 Å². The van der Waals surface area contributed by atoms with Crippen LogP contribution in [0.2, 0.25) is 0 Å². The van der Waals surface area contributed by atoms with E-state index in [1.807, 2.05) is 182 Å². The number of fused-ring (bicyclic) bond motifs is 8. The number of carboxylic acid groups (broad SMARTS) is 1. The highest BCUT2D eigenvalue weighted by molar-refractivity contribution is 9.11. The van der Waals surface area contributed by atoms with E-state index >= 15 is 0 Å². The standard InChI is InChI=1S/C27H29BrN4O4.C25H25BrN4O4.C24H24BrN3O2.C21H19BrN2O2/c1-2-35-24(34)17-32-11-9-31(10-12-32)13-14-36-30-26-20-5-3-4-6-22(20)29-27(26)25-21-16-19(28)8-7-18(21)15-23(25)33;26-17-6-5-16-13-21(31)23(19(16)14-17)25-24(18-3-1-2-4-20(18)27-25)28-34-12-11-29-7-9-30(10-8-29)15-22(32)33;25-17-9-8-16-14-21(29)22(19(16)15-17)24-23(18-6-2-3-7-20(18)26-24)27-30-13-12-28-10-4-1-5-11-28;1-2-3-10-26-24-20-15-6-4-5-7-17(15)23-21(20)19-16-12-14(22)9-8-13(16)11-18(19)25/h3-8,16,29H,2,9-15,17H2,1H3;1-6,14,27H,7-13,15H2,(H,32,33);2-3,6-9,15,26H,1,4-5,10-14H2;4-9,12,23H,2-3,10-11H2,1H3/b27-25-,30-26+;25-23-,28-24+;24-22-,27-23+;21-19-,24-20+. The van der Waals surface area contributed by atoms with Gasteiger partial charge in [-0.25, -0.2) is 0 Å². The molecule has 0 saturated carbocycles. The summed E-state index contributed by atoms with van der Waals surface area (Å²) in [5.74, 6) is -0.605. The normalized spacial score (nSPS) is 21.0. The monoisotopic (exact) mass is 1950 g/mol. The fourth-order valence-corrected chi connectivity index (χ4v) is 18.8. The average Bonchev–Trinajstić information content (AvgIpc) is 1.62. The molecule has 0 bridgehead atoms. The molecule has 4 aliphatic carbocycles. The van der Waals surface area contributed by atoms with E-state index < -0.39 is 5.97 Å². The van der Waals surface area contributed by atoms with Crippen LogP contribution < -0.4 is 21.3 Å². The number of unbranched alkanes of at least 4 members (excludes halogenated alkanes) is 1. The minimum Gasteiger partial charge on any atom is -0.480 e. The maximum absolute atomic E-state index is 13.0. The molecule has 0 amide bonds. The van der Waals surface area contributed by atoms with Gasteiger partial charge in [-0.05, 0) is 157 Å². The number of ketones is 4. The lowest BCUT2D eigenvalue weighted by Gasteiger charge is -2.33. The molecular formula is C97H97Br4N13O12. The Hall–Kier alpha value is -10.9. The zero-order valence-corrected chi connectivity index (χ0v) is 76.5. The number of likely N-dealkylation sites (tertiary alicyclic amines) is 1. The maximum atomic E-state index is 13.0. The van der Waals surface area contributed by atoms with Crippen LogP contribution in [-0.2, 0) is 78.5 Å². The van der Waals surface area contributed by atoms with Crippen LogP contribution in [0, 0.1) is 0 Å². The second-order valence-corrected chi connectivity index (χ2v) is 35.7. The summed E-state index contributed by atoms with van der Waals surface area (Å²) in [4.78, 5) is 108. The van der Waals surface area contributed by atoms with Crippen LogP contribution in [0.5, 0.6) is 0 Å². The quantitative estimate of drug-likeness (QED) is 0.0193. The lowest BCUT2D eigenvalue weighted by Crippen LogP contribution is -2.48. The molecule has 0 atom stereocenters. The first-order valence-electron chi connectivity index (χ1n) is 42.9. The molecule has 0 radical (unpaired) electrons. The number of anilines is 4. The summed E-state index contributed by atoms with van der Waals surface area (Å²) >= 11 is 14.1. The number of esters is 1. The number of nitrogens with one attached hydrogen (secondary N) is 4. The van der Waals surface area contributed by atoms with Crippen LogP contribution >= 0.6 is 63.7 Å². The van der Waals surface area contributed by atoms with E-state index in [-0.39, 0.29) is 35.6 Å². The van der Waals surface area contributed by atoms with Crippen molar-refractivity contribution in [1.29, 1.82) is 0 Å². The first-order valence-corrected chi connectivity index (χ1v) is 46.1. The zero-order valence-electron chi connectivity index (χ0n) is 70.1. The van der Waals surface area contributed by atoms with Crippen molar-refractivity contribution in [2.45, 2.75) is 71.6 Å². The van der Waals surface area contributed by atoms with Gasteiger partial charge in [0.05, 0.1) is 64.8 Å². The molecule has 7 heterocycles. The Morgan fingerprint density at radius 1 is 0.357 bits per heavy atom. The van der Waals surface area contributed by atoms with Crippen LogP contribution in [-0.4, -0.2) is 219 Å². The van der Waals surface area contributed by atoms with Crippen LogP contribution in [0.1, 0.15) is 113 Å². The number of carboxylic acids is 1. The highest BCUT2D eigenvalue weighted by Crippen LogP contribution is 2.45. The van der Waals surface area contributed by atoms with Gasteiger partial charge in [-0.2, -0.15) is 0 Å². The number of piperazine rings is 2. The number of rotatable bonds is 21. The number of carbonyl (C=O) groups is 6. The first-order chi connectivity index (χ1) is 61.4. The number of ether oxygens (including phenoxy) is 1. The van der Waals surface area contributed by atoms with Crippen LogP contribution in [0.3, 0.4) is 0 Å². The van der Waals surface area contributed by atoms with E-state index in [2.05, 4.69) is 132 Å². The Morgan fingerprint density at radius 2 is 0.643 bits per heavy atom. The van der Waals surface area contributed by atoms with Gasteiger partial charge in [-0.3, -0.25) is 53.3 Å². The Kier molecular flexibility index (Phi) is 29.0. The molecule has 19 rings (SSSR count). The first kappa shape index (κ1) is 88.6. The highest BCUT2D eigenvalue weighted by Gasteiger charge is 2.40. The summed E-state index contributed by atoms with van der Waals surface area (Å²) < 4.78 is 8.81. The van der Waals surface area contributed by atoms with E-state index in [0.717, 1.165) is 210 Å². The number of para-hydroxylation sites is 4. The third-order valence-electron chi connectivity index (χ3n) is 23.7. The molecule has 650 valence electrons. The number of allylic oxidation sites excluding steroid dienone is 8. The van der Waals surface area contributed by atoms with Gasteiger partial charge < -0.3 is 50.5 Å². The van der Waals surface area contributed by atoms with Gasteiger partial charge in [0, 0.05) is 161 Å². The minimum atomic E-state index is -0.793. The van der Waals surface area contributed by atoms with Gasteiger partial charge in [-0.1, -0.05) is 201 Å². The number of hydrogen-bond donors (Lipinski definition) is 5. The highest BCUT2D eigenvalue weighted by atomic mass is 79.9. The molecule has 8 aromatic carbocycles. The number of oxime groups is 4. The third-order valence-corrected chi connectivity index (χ3v) is 25.7. The van der Waals surface area contributed by atoms with Gasteiger partial charge in [0.1, 0.15) is 49.3 Å². The number of carbonyl (C=O) groups excluding carboxylic acids is 5. The number of piperidine rings is 1. The third kappa shape index (κ3) is 20.5. The second kappa shape index (κ2) is 41.3. The minimum absolute atomic E-state index is 0.0651. The maximum Gasteiger partial charge on any atom is 0.320 e. The summed E-state index contributed by atoms with van der Waals surface area (Å²) in [5.41, 5.74) is 23.6. The fourth-order valence-electron chi connectivity index (χ4n) is 17.4. The number of benzene rings is 8. The van der Waals surface area contributed by atoms with E-state index in [4.69, 9.17) is 29.2 Å². The average molecular weight is 1960 g/mol. The molecular weight excluding hydrogens is 1860 g/mol. The summed E-state index contributed by atoms with van der Waals surface area (Å²) in [6.07, 6.45) is 7.45. The Bertz CT molecular complexity index is 5840. The van der Waals surface area contributed by atoms with Crippen molar-refractivity contribution in [3.63, 3.8) is 0 Å². The summed E-state index contributed by atoms with van der Waals surface area (Å²) in [5, 5.41) is 40.5. The van der Waals surface area contributed by atoms with Crippen molar-refractivity contribution in [2.75, 3.05) is 152 Å². The predicted octanol–water partition coefficient (Wildman–Crippen LogP) is 15.7. The summed E-state index contributed by atoms with van der Waals surface area (Å²) in [6.45, 7) is 17.7. The SMILES string of the molecule is CCCCO/N=C1/C(=C2/C(=O)Cc3ccc(Br)cc32)Nc2ccccc21.CCOC(=O)CN1CCN(CCO/N=C2/C(=C3/C(=O)Cc4ccc(Br)cc43)Nc3ccccc32)CC1.O=C(O)CN1CCN(CCO/N=C2/C(=C3/C(=O)Cc4ccc(Br)cc43)Nc3ccccc32)CC1.O=C1Cc2ccc(Br)cc2/C1=C1/Nc2ccccc2/C1=N\OCCN1CCCCC1. The number of Topliss-reactive ketones (excluding diaryl/α,β-unsaturated/α-hetero) is 4. The number of aliphatic carboxylic acids is 1. The van der Waals surface area contributed by atoms with Gasteiger partial charge in [0.2, 0.25) is 0 Å². The Morgan fingerprint density at radius 3 is 0.944 bits per heavy atom. The van der Waals surface area contributed by atoms with Gasteiger partial charge >= 0.3 is 11.9 Å². The lowest BCUT2D eigenvalue weighted by atomic mass is 10.0. The summed E-state index contributed by atoms with van der Waals surface area (Å²) in [6, 6.07) is 55.5. The van der Waals surface area contributed by atoms with Crippen molar-refractivity contribution in [3.8, 4) is 0 Å². The predicted molar refractivity (Wildman–Crippen MR) is 505 cm³/mol. The van der Waals surface area contributed by atoms with E-state index in [9.17, 15) is 28.8 Å².